The molecular formula is C13H21NO4. The second kappa shape index (κ2) is 6.18. The molecule has 1 aliphatic heterocycles. The lowest BCUT2D eigenvalue weighted by atomic mass is 9.99. The lowest BCUT2D eigenvalue weighted by molar-refractivity contribution is -0.142. The molecule has 0 aromatic rings. The minimum Gasteiger partial charge on any atom is -0.481 e. The normalized spacial score (nSPS) is 25.4. The number of aliphatic carboxylic acids is 1. The Balaban J connectivity index is 1.73. The maximum atomic E-state index is 11.8. The van der Waals surface area contributed by atoms with Crippen molar-refractivity contribution < 1.29 is 19.4 Å². The van der Waals surface area contributed by atoms with Crippen LogP contribution in [0.4, 0.5) is 0 Å². The van der Waals surface area contributed by atoms with Gasteiger partial charge in [0, 0.05) is 13.2 Å². The molecule has 1 saturated heterocycles. The van der Waals surface area contributed by atoms with Crippen LogP contribution in [0.25, 0.3) is 0 Å². The van der Waals surface area contributed by atoms with E-state index in [1.165, 1.54) is 0 Å². The third-order valence-electron chi connectivity index (χ3n) is 3.72. The van der Waals surface area contributed by atoms with Crippen molar-refractivity contribution in [2.45, 2.75) is 32.1 Å². The highest BCUT2D eigenvalue weighted by Gasteiger charge is 2.30. The number of carbonyl (C=O) groups excluding carboxylic acids is 1. The van der Waals surface area contributed by atoms with Gasteiger partial charge in [0.2, 0.25) is 5.91 Å². The van der Waals surface area contributed by atoms with Gasteiger partial charge >= 0.3 is 5.97 Å². The molecule has 1 aliphatic carbocycles. The van der Waals surface area contributed by atoms with E-state index >= 15 is 0 Å². The van der Waals surface area contributed by atoms with Crippen molar-refractivity contribution in [2.24, 2.45) is 17.8 Å². The summed E-state index contributed by atoms with van der Waals surface area (Å²) in [6.45, 7) is 1.44. The highest BCUT2D eigenvalue weighted by molar-refractivity contribution is 5.79. The fraction of sp³-hybridized carbons (Fsp3) is 0.846. The molecule has 0 spiro atoms. The third-order valence-corrected chi connectivity index (χ3v) is 3.72. The first-order chi connectivity index (χ1) is 8.66. The van der Waals surface area contributed by atoms with Crippen LogP contribution in [0, 0.1) is 17.8 Å². The molecule has 1 saturated carbocycles. The molecule has 1 amide bonds. The summed E-state index contributed by atoms with van der Waals surface area (Å²) in [6.07, 6.45) is 4.70. The Morgan fingerprint density at radius 3 is 2.67 bits per heavy atom. The molecule has 2 unspecified atom stereocenters. The quantitative estimate of drug-likeness (QED) is 0.743. The van der Waals surface area contributed by atoms with Gasteiger partial charge in [0.15, 0.2) is 0 Å². The van der Waals surface area contributed by atoms with Gasteiger partial charge in [-0.05, 0) is 25.2 Å². The summed E-state index contributed by atoms with van der Waals surface area (Å²) in [4.78, 5) is 22.9. The molecule has 0 aromatic heterocycles. The molecule has 5 heteroatoms. The summed E-state index contributed by atoms with van der Waals surface area (Å²) in [6, 6.07) is 0. The third kappa shape index (κ3) is 3.98. The second-order valence-corrected chi connectivity index (χ2v) is 5.37. The zero-order valence-electron chi connectivity index (χ0n) is 10.6. The van der Waals surface area contributed by atoms with Crippen molar-refractivity contribution in [3.8, 4) is 0 Å². The first kappa shape index (κ1) is 13.3. The first-order valence-electron chi connectivity index (χ1n) is 6.75. The number of hydrogen-bond donors (Lipinski definition) is 2. The monoisotopic (exact) mass is 255 g/mol. The number of carbonyl (C=O) groups is 2. The largest absolute Gasteiger partial charge is 0.481 e. The summed E-state index contributed by atoms with van der Waals surface area (Å²) in [5.41, 5.74) is 0. The van der Waals surface area contributed by atoms with E-state index in [4.69, 9.17) is 9.84 Å². The van der Waals surface area contributed by atoms with Crippen LogP contribution in [0.3, 0.4) is 0 Å². The molecule has 1 heterocycles. The minimum atomic E-state index is -0.804. The van der Waals surface area contributed by atoms with Gasteiger partial charge in [-0.2, -0.15) is 0 Å². The van der Waals surface area contributed by atoms with E-state index in [2.05, 4.69) is 5.32 Å². The molecule has 0 aromatic carbocycles. The summed E-state index contributed by atoms with van der Waals surface area (Å²) < 4.78 is 5.25. The molecule has 0 radical (unpaired) electrons. The maximum Gasteiger partial charge on any atom is 0.308 e. The molecule has 5 nitrogen and oxygen atoms in total. The molecule has 0 bridgehead atoms. The Kier molecular flexibility index (Phi) is 4.58. The highest BCUT2D eigenvalue weighted by atomic mass is 16.5. The van der Waals surface area contributed by atoms with Crippen LogP contribution in [0.5, 0.6) is 0 Å². The van der Waals surface area contributed by atoms with Crippen LogP contribution in [0.2, 0.25) is 0 Å². The van der Waals surface area contributed by atoms with E-state index in [0.717, 1.165) is 32.3 Å². The Hall–Kier alpha value is -1.10. The van der Waals surface area contributed by atoms with Crippen LogP contribution in [0.1, 0.15) is 32.1 Å². The van der Waals surface area contributed by atoms with Crippen LogP contribution in [-0.4, -0.2) is 36.7 Å². The van der Waals surface area contributed by atoms with Gasteiger partial charge in [0.25, 0.3) is 0 Å². The number of carboxylic acids is 1. The van der Waals surface area contributed by atoms with Crippen LogP contribution in [0.15, 0.2) is 0 Å². The summed E-state index contributed by atoms with van der Waals surface area (Å²) >= 11 is 0. The van der Waals surface area contributed by atoms with E-state index < -0.39 is 11.9 Å². The van der Waals surface area contributed by atoms with Gasteiger partial charge < -0.3 is 15.2 Å². The topological polar surface area (TPSA) is 75.6 Å². The van der Waals surface area contributed by atoms with E-state index in [1.54, 1.807) is 0 Å². The first-order valence-corrected chi connectivity index (χ1v) is 6.75. The van der Waals surface area contributed by atoms with Crippen molar-refractivity contribution in [1.82, 2.24) is 5.32 Å². The number of rotatable bonds is 6. The molecule has 102 valence electrons. The molecule has 2 fully saturated rings. The van der Waals surface area contributed by atoms with Crippen molar-refractivity contribution in [3.05, 3.63) is 0 Å². The van der Waals surface area contributed by atoms with Gasteiger partial charge in [-0.25, -0.2) is 0 Å². The average Bonchev–Trinajstić information content (AvgIpc) is 3.18. The fourth-order valence-corrected chi connectivity index (χ4v) is 2.34. The number of ether oxygens (including phenoxy) is 1. The Morgan fingerprint density at radius 1 is 1.33 bits per heavy atom. The van der Waals surface area contributed by atoms with Gasteiger partial charge in [0.05, 0.1) is 18.4 Å². The Labute approximate surface area is 107 Å². The van der Waals surface area contributed by atoms with Crippen molar-refractivity contribution in [3.63, 3.8) is 0 Å². The Morgan fingerprint density at radius 2 is 2.11 bits per heavy atom. The molecular weight excluding hydrogens is 234 g/mol. The van der Waals surface area contributed by atoms with Gasteiger partial charge in [-0.1, -0.05) is 12.8 Å². The maximum absolute atomic E-state index is 11.8. The summed E-state index contributed by atoms with van der Waals surface area (Å²) in [5.74, 6) is -0.847. The Bertz CT molecular complexity index is 308. The molecule has 2 aliphatic rings. The van der Waals surface area contributed by atoms with Gasteiger partial charge in [-0.3, -0.25) is 9.59 Å². The number of nitrogens with one attached hydrogen (secondary N) is 1. The second-order valence-electron chi connectivity index (χ2n) is 5.37. The SMILES string of the molecule is O=C(O)C(CNC(=O)C1CCCOC1)CC1CC1. The lowest BCUT2D eigenvalue weighted by Crippen LogP contribution is -2.39. The number of carboxylic acid groups (broad SMARTS) is 1. The van der Waals surface area contributed by atoms with Gasteiger partial charge in [-0.15, -0.1) is 0 Å². The molecule has 18 heavy (non-hydrogen) atoms. The lowest BCUT2D eigenvalue weighted by Gasteiger charge is -2.22. The highest BCUT2D eigenvalue weighted by Crippen LogP contribution is 2.35. The van der Waals surface area contributed by atoms with Crippen molar-refractivity contribution >= 4 is 11.9 Å². The van der Waals surface area contributed by atoms with E-state index in [-0.39, 0.29) is 18.4 Å². The molecule has 2 rings (SSSR count). The molecule has 2 atom stereocenters. The van der Waals surface area contributed by atoms with Crippen molar-refractivity contribution in [1.29, 1.82) is 0 Å². The number of hydrogen-bond acceptors (Lipinski definition) is 3. The van der Waals surface area contributed by atoms with Crippen molar-refractivity contribution in [2.75, 3.05) is 19.8 Å². The van der Waals surface area contributed by atoms with Crippen LogP contribution < -0.4 is 5.32 Å². The predicted octanol–water partition coefficient (Wildman–Crippen LogP) is 1.03. The van der Waals surface area contributed by atoms with Crippen LogP contribution >= 0.6 is 0 Å². The zero-order valence-corrected chi connectivity index (χ0v) is 10.6. The summed E-state index contributed by atoms with van der Waals surface area (Å²) in [5, 5.41) is 11.9. The van der Waals surface area contributed by atoms with E-state index in [9.17, 15) is 9.59 Å². The predicted molar refractivity (Wildman–Crippen MR) is 65.0 cm³/mol. The smallest absolute Gasteiger partial charge is 0.308 e. The van der Waals surface area contributed by atoms with Gasteiger partial charge in [0.1, 0.15) is 0 Å². The van der Waals surface area contributed by atoms with Crippen LogP contribution in [-0.2, 0) is 14.3 Å². The standard InChI is InChI=1S/C13H21NO4/c15-12(10-2-1-5-18-8-10)14-7-11(13(16)17)6-9-3-4-9/h9-11H,1-8H2,(H,14,15)(H,16,17). The number of amides is 1. The zero-order chi connectivity index (χ0) is 13.0. The van der Waals surface area contributed by atoms with E-state index in [1.807, 2.05) is 0 Å². The summed E-state index contributed by atoms with van der Waals surface area (Å²) in [7, 11) is 0. The average molecular weight is 255 g/mol. The van der Waals surface area contributed by atoms with E-state index in [0.29, 0.717) is 18.9 Å². The molecule has 2 N–H and O–H groups in total. The fourth-order valence-electron chi connectivity index (χ4n) is 2.34. The minimum absolute atomic E-state index is 0.0586.